The van der Waals surface area contributed by atoms with E-state index in [2.05, 4.69) is 50.2 Å². The molecule has 6 nitrogen and oxygen atoms in total. The van der Waals surface area contributed by atoms with Crippen molar-refractivity contribution in [2.45, 2.75) is 52.5 Å². The number of fused-ring (bicyclic) bond motifs is 1. The van der Waals surface area contributed by atoms with Crippen molar-refractivity contribution in [2.75, 3.05) is 23.8 Å². The Labute approximate surface area is 205 Å². The first-order valence-electron chi connectivity index (χ1n) is 11.5. The average Bonchev–Trinajstić information content (AvgIpc) is 3.00. The molecule has 34 heavy (non-hydrogen) atoms. The molecule has 0 spiro atoms. The summed E-state index contributed by atoms with van der Waals surface area (Å²) in [6, 6.07) is 11.7. The maximum atomic E-state index is 13.0. The standard InChI is InChI=1S/C27H31N3O3S/c1-16-8-7-9-20(10-16)28-24(31)15-30-25(32)23(34-26(30)33)13-19-12-21-18(3)14-27(4,5)29(6)22(21)11-17(19)2/h7-13,18H,14-15H2,1-6H3,(H,28,31)/b23-13-. The first-order valence-corrected chi connectivity index (χ1v) is 12.3. The molecule has 0 radical (unpaired) electrons. The molecule has 1 atom stereocenters. The van der Waals surface area contributed by atoms with E-state index in [1.165, 1.54) is 11.3 Å². The summed E-state index contributed by atoms with van der Waals surface area (Å²) in [6.45, 7) is 10.4. The summed E-state index contributed by atoms with van der Waals surface area (Å²) < 4.78 is 0. The zero-order chi connectivity index (χ0) is 24.8. The Balaban J connectivity index is 1.54. The van der Waals surface area contributed by atoms with Gasteiger partial charge in [-0.25, -0.2) is 0 Å². The fourth-order valence-corrected chi connectivity index (χ4v) is 5.56. The molecule has 7 heteroatoms. The van der Waals surface area contributed by atoms with Crippen LogP contribution in [0.4, 0.5) is 16.2 Å². The molecule has 178 valence electrons. The zero-order valence-electron chi connectivity index (χ0n) is 20.6. The minimum Gasteiger partial charge on any atom is -0.369 e. The smallest absolute Gasteiger partial charge is 0.294 e. The van der Waals surface area contributed by atoms with Crippen molar-refractivity contribution in [1.82, 2.24) is 4.90 Å². The van der Waals surface area contributed by atoms with E-state index < -0.39 is 17.1 Å². The Morgan fingerprint density at radius 1 is 1.21 bits per heavy atom. The van der Waals surface area contributed by atoms with Gasteiger partial charge in [-0.05, 0) is 104 Å². The molecule has 1 saturated heterocycles. The number of benzene rings is 2. The Hall–Kier alpha value is -3.06. The third kappa shape index (κ3) is 4.62. The summed E-state index contributed by atoms with van der Waals surface area (Å²) in [5, 5.41) is 2.33. The van der Waals surface area contributed by atoms with Crippen LogP contribution >= 0.6 is 11.8 Å². The van der Waals surface area contributed by atoms with Crippen LogP contribution in [0.1, 0.15) is 55.4 Å². The van der Waals surface area contributed by atoms with Crippen molar-refractivity contribution in [3.63, 3.8) is 0 Å². The van der Waals surface area contributed by atoms with E-state index in [1.54, 1.807) is 12.1 Å². The van der Waals surface area contributed by atoms with Crippen molar-refractivity contribution < 1.29 is 14.4 Å². The molecule has 0 aliphatic carbocycles. The minimum absolute atomic E-state index is 0.0715. The van der Waals surface area contributed by atoms with Crippen molar-refractivity contribution in [3.05, 3.63) is 63.6 Å². The van der Waals surface area contributed by atoms with Crippen LogP contribution in [0.25, 0.3) is 6.08 Å². The number of amides is 3. The van der Waals surface area contributed by atoms with E-state index in [9.17, 15) is 14.4 Å². The van der Waals surface area contributed by atoms with Crippen molar-refractivity contribution >= 4 is 46.3 Å². The number of carbonyl (C=O) groups is 3. The maximum Gasteiger partial charge on any atom is 0.294 e. The van der Waals surface area contributed by atoms with Gasteiger partial charge >= 0.3 is 0 Å². The number of thioether (sulfide) groups is 1. The van der Waals surface area contributed by atoms with Gasteiger partial charge in [0.2, 0.25) is 5.91 Å². The normalized spacial score (nSPS) is 20.6. The highest BCUT2D eigenvalue weighted by atomic mass is 32.2. The summed E-state index contributed by atoms with van der Waals surface area (Å²) in [4.78, 5) is 41.7. The second kappa shape index (κ2) is 8.95. The topological polar surface area (TPSA) is 69.7 Å². The molecule has 2 aromatic carbocycles. The van der Waals surface area contributed by atoms with Crippen LogP contribution < -0.4 is 10.2 Å². The van der Waals surface area contributed by atoms with Crippen molar-refractivity contribution in [3.8, 4) is 0 Å². The van der Waals surface area contributed by atoms with Crippen LogP contribution in [-0.2, 0) is 9.59 Å². The first-order chi connectivity index (χ1) is 16.0. The Morgan fingerprint density at radius 3 is 2.65 bits per heavy atom. The van der Waals surface area contributed by atoms with E-state index in [-0.39, 0.29) is 12.1 Å². The predicted octanol–water partition coefficient (Wildman–Crippen LogP) is 5.70. The number of hydrogen-bond donors (Lipinski definition) is 1. The van der Waals surface area contributed by atoms with Gasteiger partial charge in [-0.1, -0.05) is 19.1 Å². The van der Waals surface area contributed by atoms with E-state index in [1.807, 2.05) is 32.0 Å². The summed E-state index contributed by atoms with van der Waals surface area (Å²) in [6.07, 6.45) is 2.82. The molecule has 3 amide bonds. The fraction of sp³-hybridized carbons (Fsp3) is 0.370. The molecule has 2 aliphatic heterocycles. The highest BCUT2D eigenvalue weighted by molar-refractivity contribution is 8.18. The number of imide groups is 1. The van der Waals surface area contributed by atoms with Gasteiger partial charge < -0.3 is 10.2 Å². The lowest BCUT2D eigenvalue weighted by molar-refractivity contribution is -0.127. The van der Waals surface area contributed by atoms with Gasteiger partial charge in [0, 0.05) is 24.0 Å². The number of hydrogen-bond acceptors (Lipinski definition) is 5. The molecule has 2 aromatic rings. The second-order valence-electron chi connectivity index (χ2n) is 9.93. The van der Waals surface area contributed by atoms with Gasteiger partial charge in [-0.15, -0.1) is 0 Å². The molecule has 4 rings (SSSR count). The van der Waals surface area contributed by atoms with Gasteiger partial charge in [-0.3, -0.25) is 19.3 Å². The van der Waals surface area contributed by atoms with Crippen LogP contribution in [0.15, 0.2) is 41.3 Å². The summed E-state index contributed by atoms with van der Waals surface area (Å²) in [7, 11) is 2.12. The molecular weight excluding hydrogens is 446 g/mol. The summed E-state index contributed by atoms with van der Waals surface area (Å²) in [5.41, 5.74) is 6.14. The fourth-order valence-electron chi connectivity index (χ4n) is 4.73. The zero-order valence-corrected chi connectivity index (χ0v) is 21.4. The van der Waals surface area contributed by atoms with E-state index >= 15 is 0 Å². The van der Waals surface area contributed by atoms with Crippen molar-refractivity contribution in [1.29, 1.82) is 0 Å². The lowest BCUT2D eigenvalue weighted by atomic mass is 9.79. The van der Waals surface area contributed by atoms with Crippen LogP contribution in [0.3, 0.4) is 0 Å². The number of nitrogens with zero attached hydrogens (tertiary/aromatic N) is 2. The first kappa shape index (κ1) is 24.1. The highest BCUT2D eigenvalue weighted by Gasteiger charge is 2.37. The van der Waals surface area contributed by atoms with Crippen LogP contribution in [0.2, 0.25) is 0 Å². The van der Waals surface area contributed by atoms with Gasteiger partial charge in [0.15, 0.2) is 0 Å². The SMILES string of the molecule is Cc1cccc(NC(=O)CN2C(=O)S/C(=C\c3cc4c(cc3C)N(C)C(C)(C)CC4C)C2=O)c1. The molecular formula is C27H31N3O3S. The minimum atomic E-state index is -0.433. The molecule has 0 saturated carbocycles. The van der Waals surface area contributed by atoms with Crippen LogP contribution in [-0.4, -0.2) is 41.1 Å². The van der Waals surface area contributed by atoms with Gasteiger partial charge in [0.1, 0.15) is 6.54 Å². The highest BCUT2D eigenvalue weighted by Crippen LogP contribution is 2.44. The van der Waals surface area contributed by atoms with Gasteiger partial charge in [0.05, 0.1) is 4.91 Å². The quantitative estimate of drug-likeness (QED) is 0.572. The van der Waals surface area contributed by atoms with E-state index in [4.69, 9.17) is 0 Å². The summed E-state index contributed by atoms with van der Waals surface area (Å²) in [5.74, 6) is -0.453. The monoisotopic (exact) mass is 477 g/mol. The largest absolute Gasteiger partial charge is 0.369 e. The Bertz CT molecular complexity index is 1220. The number of carbonyl (C=O) groups excluding carboxylic acids is 3. The molecule has 2 aliphatic rings. The maximum absolute atomic E-state index is 13.0. The van der Waals surface area contributed by atoms with E-state index in [0.717, 1.165) is 39.8 Å². The Morgan fingerprint density at radius 2 is 1.94 bits per heavy atom. The van der Waals surface area contributed by atoms with Gasteiger partial charge in [0.25, 0.3) is 11.1 Å². The molecule has 0 bridgehead atoms. The predicted molar refractivity (Wildman–Crippen MR) is 139 cm³/mol. The van der Waals surface area contributed by atoms with Crippen LogP contribution in [0.5, 0.6) is 0 Å². The molecule has 1 fully saturated rings. The third-order valence-electron chi connectivity index (χ3n) is 6.79. The summed E-state index contributed by atoms with van der Waals surface area (Å²) >= 11 is 0.883. The molecule has 2 heterocycles. The van der Waals surface area contributed by atoms with Gasteiger partial charge in [-0.2, -0.15) is 0 Å². The molecule has 1 N–H and O–H groups in total. The molecule has 1 unspecified atom stereocenters. The van der Waals surface area contributed by atoms with E-state index in [0.29, 0.717) is 16.5 Å². The number of rotatable bonds is 4. The van der Waals surface area contributed by atoms with Crippen molar-refractivity contribution in [2.24, 2.45) is 0 Å². The lowest BCUT2D eigenvalue weighted by Crippen LogP contribution is -2.45. The number of nitrogens with one attached hydrogen (secondary N) is 1. The average molecular weight is 478 g/mol. The third-order valence-corrected chi connectivity index (χ3v) is 7.69. The molecule has 0 aromatic heterocycles. The number of aryl methyl sites for hydroxylation is 2. The number of anilines is 2. The lowest BCUT2D eigenvalue weighted by Gasteiger charge is -2.45. The van der Waals surface area contributed by atoms with Crippen LogP contribution in [0, 0.1) is 13.8 Å². The second-order valence-corrected chi connectivity index (χ2v) is 10.9. The Kier molecular flexibility index (Phi) is 6.34.